The fourth-order valence-electron chi connectivity index (χ4n) is 4.22. The summed E-state index contributed by atoms with van der Waals surface area (Å²) in [4.78, 5) is 4.57. The summed E-state index contributed by atoms with van der Waals surface area (Å²) in [6.07, 6.45) is 2.98. The van der Waals surface area contributed by atoms with Crippen LogP contribution in [0.15, 0.2) is 24.3 Å². The van der Waals surface area contributed by atoms with E-state index >= 15 is 0 Å². The van der Waals surface area contributed by atoms with Crippen LogP contribution in [-0.4, -0.2) is 32.5 Å². The highest BCUT2D eigenvalue weighted by molar-refractivity contribution is 7.09. The first-order chi connectivity index (χ1) is 12.6. The highest BCUT2D eigenvalue weighted by Crippen LogP contribution is 2.29. The zero-order valence-electron chi connectivity index (χ0n) is 16.8. The quantitative estimate of drug-likeness (QED) is 0.687. The third-order valence-corrected chi connectivity index (χ3v) is 5.43. The fourth-order valence-corrected chi connectivity index (χ4v) is 4.84. The molecule has 0 bridgehead atoms. The van der Waals surface area contributed by atoms with Crippen LogP contribution in [0.4, 0.5) is 15.2 Å². The van der Waals surface area contributed by atoms with Gasteiger partial charge in [-0.25, -0.2) is 9.37 Å². The van der Waals surface area contributed by atoms with Crippen molar-refractivity contribution < 1.29 is 4.39 Å². The largest absolute Gasteiger partial charge is 0.330 e. The zero-order chi connectivity index (χ0) is 19.7. The minimum absolute atomic E-state index is 0.129. The van der Waals surface area contributed by atoms with Crippen molar-refractivity contribution in [1.82, 2.24) is 20.0 Å². The lowest BCUT2D eigenvalue weighted by atomic mass is 9.79. The number of benzene rings is 1. The van der Waals surface area contributed by atoms with Crippen LogP contribution < -0.4 is 16.0 Å². The average Bonchev–Trinajstić information content (AvgIpc) is 2.93. The lowest BCUT2D eigenvalue weighted by Gasteiger charge is -2.47. The van der Waals surface area contributed by atoms with Crippen molar-refractivity contribution in [3.8, 4) is 0 Å². The Labute approximate surface area is 165 Å². The molecule has 27 heavy (non-hydrogen) atoms. The summed E-state index contributed by atoms with van der Waals surface area (Å²) >= 11 is 1.33. The molecule has 7 heteroatoms. The smallest absolute Gasteiger partial charge is 0.207 e. The molecule has 1 aliphatic rings. The second-order valence-electron chi connectivity index (χ2n) is 8.92. The van der Waals surface area contributed by atoms with Crippen LogP contribution in [0.1, 0.15) is 53.3 Å². The minimum Gasteiger partial charge on any atom is -0.330 e. The Morgan fingerprint density at radius 1 is 1.19 bits per heavy atom. The number of hydrogen-bond acceptors (Lipinski definition) is 6. The lowest BCUT2D eigenvalue weighted by molar-refractivity contribution is 0.140. The SMILES string of the molecule is CC(Cc1nsc(Nc2ccc(F)cc2)n1)NC1CC(C)(C)NC(C)(C)C1. The Bertz CT molecular complexity index is 740. The van der Waals surface area contributed by atoms with E-state index in [1.54, 1.807) is 12.1 Å². The predicted molar refractivity (Wildman–Crippen MR) is 110 cm³/mol. The molecule has 0 amide bonds. The van der Waals surface area contributed by atoms with Gasteiger partial charge in [-0.3, -0.25) is 0 Å². The number of halogens is 1. The van der Waals surface area contributed by atoms with E-state index in [0.29, 0.717) is 12.1 Å². The van der Waals surface area contributed by atoms with E-state index in [2.05, 4.69) is 59.9 Å². The summed E-state index contributed by atoms with van der Waals surface area (Å²) in [5, 5.41) is 11.4. The van der Waals surface area contributed by atoms with Gasteiger partial charge in [0.05, 0.1) is 0 Å². The second-order valence-corrected chi connectivity index (χ2v) is 9.67. The maximum absolute atomic E-state index is 13.0. The number of nitrogens with one attached hydrogen (secondary N) is 3. The number of aromatic nitrogens is 2. The average molecular weight is 392 g/mol. The van der Waals surface area contributed by atoms with E-state index in [1.807, 2.05) is 0 Å². The Balaban J connectivity index is 1.54. The monoisotopic (exact) mass is 391 g/mol. The van der Waals surface area contributed by atoms with E-state index < -0.39 is 0 Å². The van der Waals surface area contributed by atoms with Crippen LogP contribution in [0.25, 0.3) is 0 Å². The number of hydrogen-bond donors (Lipinski definition) is 3. The molecular weight excluding hydrogens is 361 g/mol. The summed E-state index contributed by atoms with van der Waals surface area (Å²) in [5.74, 6) is 0.583. The van der Waals surface area contributed by atoms with Crippen molar-refractivity contribution in [1.29, 1.82) is 0 Å². The van der Waals surface area contributed by atoms with Crippen LogP contribution in [0.5, 0.6) is 0 Å². The Morgan fingerprint density at radius 2 is 1.81 bits per heavy atom. The predicted octanol–water partition coefficient (Wildman–Crippen LogP) is 4.25. The van der Waals surface area contributed by atoms with E-state index in [9.17, 15) is 4.39 Å². The first-order valence-corrected chi connectivity index (χ1v) is 10.3. The van der Waals surface area contributed by atoms with Crippen molar-refractivity contribution in [2.45, 2.75) is 77.0 Å². The van der Waals surface area contributed by atoms with Crippen LogP contribution in [0.2, 0.25) is 0 Å². The summed E-state index contributed by atoms with van der Waals surface area (Å²) in [7, 11) is 0. The van der Waals surface area contributed by atoms with E-state index in [0.717, 1.165) is 35.9 Å². The van der Waals surface area contributed by atoms with Crippen molar-refractivity contribution in [2.24, 2.45) is 0 Å². The molecule has 148 valence electrons. The van der Waals surface area contributed by atoms with Gasteiger partial charge in [0, 0.05) is 46.8 Å². The van der Waals surface area contributed by atoms with Gasteiger partial charge in [-0.1, -0.05) is 0 Å². The summed E-state index contributed by atoms with van der Waals surface area (Å²) in [5.41, 5.74) is 1.07. The van der Waals surface area contributed by atoms with Crippen LogP contribution in [-0.2, 0) is 6.42 Å². The van der Waals surface area contributed by atoms with E-state index in [1.165, 1.54) is 23.7 Å². The van der Waals surface area contributed by atoms with E-state index in [-0.39, 0.29) is 16.9 Å². The third-order valence-electron chi connectivity index (χ3n) is 4.76. The molecule has 5 nitrogen and oxygen atoms in total. The number of piperidine rings is 1. The Morgan fingerprint density at radius 3 is 2.44 bits per heavy atom. The maximum Gasteiger partial charge on any atom is 0.207 e. The zero-order valence-corrected chi connectivity index (χ0v) is 17.6. The molecule has 3 rings (SSSR count). The molecule has 2 aromatic rings. The van der Waals surface area contributed by atoms with Gasteiger partial charge in [-0.15, -0.1) is 0 Å². The molecule has 1 saturated heterocycles. The summed E-state index contributed by atoms with van der Waals surface area (Å²) in [6.45, 7) is 11.3. The number of nitrogens with zero attached hydrogens (tertiary/aromatic N) is 2. The lowest BCUT2D eigenvalue weighted by Crippen LogP contribution is -2.62. The standard InChI is InChI=1S/C20H30FN5S/c1-13(22-16-11-19(2,3)26-20(4,5)12-16)10-17-24-18(27-25-17)23-15-8-6-14(21)7-9-15/h6-9,13,16,22,26H,10-12H2,1-5H3,(H,23,24,25). The molecule has 0 saturated carbocycles. The van der Waals surface area contributed by atoms with Gasteiger partial charge in [-0.05, 0) is 71.7 Å². The van der Waals surface area contributed by atoms with Crippen molar-refractivity contribution in [2.75, 3.05) is 5.32 Å². The first kappa shape index (κ1) is 20.2. The molecular formula is C20H30FN5S. The van der Waals surface area contributed by atoms with Crippen molar-refractivity contribution >= 4 is 22.4 Å². The van der Waals surface area contributed by atoms with Crippen LogP contribution in [0, 0.1) is 5.82 Å². The summed E-state index contributed by atoms with van der Waals surface area (Å²) in [6, 6.07) is 7.02. The van der Waals surface area contributed by atoms with Crippen molar-refractivity contribution in [3.63, 3.8) is 0 Å². The van der Waals surface area contributed by atoms with Crippen molar-refractivity contribution in [3.05, 3.63) is 35.9 Å². The van der Waals surface area contributed by atoms with Gasteiger partial charge in [0.2, 0.25) is 5.13 Å². The van der Waals surface area contributed by atoms with Gasteiger partial charge in [0.1, 0.15) is 11.6 Å². The highest BCUT2D eigenvalue weighted by atomic mass is 32.1. The maximum atomic E-state index is 13.0. The molecule has 1 unspecified atom stereocenters. The first-order valence-electron chi connectivity index (χ1n) is 9.51. The van der Waals surface area contributed by atoms with Gasteiger partial charge in [-0.2, -0.15) is 4.37 Å². The van der Waals surface area contributed by atoms with Gasteiger partial charge >= 0.3 is 0 Å². The molecule has 1 aliphatic heterocycles. The van der Waals surface area contributed by atoms with Gasteiger partial charge < -0.3 is 16.0 Å². The summed E-state index contributed by atoms with van der Waals surface area (Å²) < 4.78 is 17.5. The van der Waals surface area contributed by atoms with Crippen LogP contribution >= 0.6 is 11.5 Å². The third kappa shape index (κ3) is 5.96. The van der Waals surface area contributed by atoms with E-state index in [4.69, 9.17) is 0 Å². The molecule has 1 fully saturated rings. The molecule has 0 radical (unpaired) electrons. The number of rotatable bonds is 6. The second kappa shape index (κ2) is 7.81. The highest BCUT2D eigenvalue weighted by Gasteiger charge is 2.37. The molecule has 2 heterocycles. The molecule has 0 aliphatic carbocycles. The fraction of sp³-hybridized carbons (Fsp3) is 0.600. The molecule has 1 aromatic heterocycles. The molecule has 3 N–H and O–H groups in total. The Hall–Kier alpha value is -1.57. The van der Waals surface area contributed by atoms with Gasteiger partial charge in [0.25, 0.3) is 0 Å². The van der Waals surface area contributed by atoms with Gasteiger partial charge in [0.15, 0.2) is 0 Å². The number of anilines is 2. The minimum atomic E-state index is -0.248. The van der Waals surface area contributed by atoms with Crippen LogP contribution in [0.3, 0.4) is 0 Å². The molecule has 1 atom stereocenters. The topological polar surface area (TPSA) is 61.9 Å². The normalized spacial score (nSPS) is 20.4. The Kier molecular flexibility index (Phi) is 5.84. The molecule has 0 spiro atoms. The molecule has 1 aromatic carbocycles.